The van der Waals surface area contributed by atoms with Crippen LogP contribution in [0.1, 0.15) is 16.8 Å². The second-order valence-corrected chi connectivity index (χ2v) is 4.39. The Balaban J connectivity index is 1.88. The van der Waals surface area contributed by atoms with Gasteiger partial charge in [-0.15, -0.1) is 0 Å². The van der Waals surface area contributed by atoms with Crippen LogP contribution in [0.25, 0.3) is 0 Å². The SMILES string of the molecule is Cc1cccnc1CC(=O)NCc1ccc(O)cc1. The summed E-state index contributed by atoms with van der Waals surface area (Å²) in [6, 6.07) is 10.6. The third-order valence-electron chi connectivity index (χ3n) is 2.87. The number of carbonyl (C=O) groups is 1. The number of aryl methyl sites for hydroxylation is 1. The third kappa shape index (κ3) is 3.81. The maximum Gasteiger partial charge on any atom is 0.226 e. The first kappa shape index (κ1) is 13.1. The van der Waals surface area contributed by atoms with E-state index in [9.17, 15) is 4.79 Å². The monoisotopic (exact) mass is 256 g/mol. The Morgan fingerprint density at radius 1 is 1.26 bits per heavy atom. The second-order valence-electron chi connectivity index (χ2n) is 4.39. The molecular weight excluding hydrogens is 240 g/mol. The molecule has 0 bridgehead atoms. The van der Waals surface area contributed by atoms with Gasteiger partial charge in [-0.2, -0.15) is 0 Å². The first-order valence-corrected chi connectivity index (χ1v) is 6.10. The average molecular weight is 256 g/mol. The maximum atomic E-state index is 11.8. The number of pyridine rings is 1. The van der Waals surface area contributed by atoms with Crippen molar-refractivity contribution in [2.75, 3.05) is 0 Å². The minimum atomic E-state index is -0.0603. The van der Waals surface area contributed by atoms with Gasteiger partial charge in [0.2, 0.25) is 5.91 Å². The number of amides is 1. The Morgan fingerprint density at radius 2 is 2.00 bits per heavy atom. The van der Waals surface area contributed by atoms with Crippen molar-refractivity contribution in [3.8, 4) is 5.75 Å². The standard InChI is InChI=1S/C15H16N2O2/c1-11-3-2-8-16-14(11)9-15(19)17-10-12-4-6-13(18)7-5-12/h2-8,18H,9-10H2,1H3,(H,17,19). The van der Waals surface area contributed by atoms with Gasteiger partial charge in [-0.1, -0.05) is 18.2 Å². The highest BCUT2D eigenvalue weighted by molar-refractivity contribution is 5.78. The van der Waals surface area contributed by atoms with Crippen molar-refractivity contribution in [1.82, 2.24) is 10.3 Å². The lowest BCUT2D eigenvalue weighted by molar-refractivity contribution is -0.120. The molecule has 1 aromatic heterocycles. The Morgan fingerprint density at radius 3 is 2.68 bits per heavy atom. The van der Waals surface area contributed by atoms with E-state index < -0.39 is 0 Å². The summed E-state index contributed by atoms with van der Waals surface area (Å²) < 4.78 is 0. The summed E-state index contributed by atoms with van der Waals surface area (Å²) in [5, 5.41) is 12.0. The summed E-state index contributed by atoms with van der Waals surface area (Å²) >= 11 is 0. The highest BCUT2D eigenvalue weighted by Crippen LogP contribution is 2.09. The number of aromatic nitrogens is 1. The molecule has 1 amide bonds. The number of phenols is 1. The quantitative estimate of drug-likeness (QED) is 0.879. The predicted molar refractivity (Wildman–Crippen MR) is 72.6 cm³/mol. The van der Waals surface area contributed by atoms with Crippen LogP contribution >= 0.6 is 0 Å². The molecule has 0 spiro atoms. The Hall–Kier alpha value is -2.36. The first-order valence-electron chi connectivity index (χ1n) is 6.10. The molecule has 0 aliphatic heterocycles. The average Bonchev–Trinajstić information content (AvgIpc) is 2.41. The van der Waals surface area contributed by atoms with E-state index >= 15 is 0 Å². The maximum absolute atomic E-state index is 11.8. The van der Waals surface area contributed by atoms with E-state index in [0.29, 0.717) is 6.54 Å². The van der Waals surface area contributed by atoms with Gasteiger partial charge in [0, 0.05) is 12.7 Å². The Bertz CT molecular complexity index is 565. The summed E-state index contributed by atoms with van der Waals surface area (Å²) in [6.07, 6.45) is 1.97. The van der Waals surface area contributed by atoms with Crippen LogP contribution in [-0.4, -0.2) is 16.0 Å². The molecule has 0 aliphatic carbocycles. The Kier molecular flexibility index (Phi) is 4.13. The van der Waals surface area contributed by atoms with Crippen molar-refractivity contribution in [2.24, 2.45) is 0 Å². The minimum absolute atomic E-state index is 0.0603. The molecule has 0 unspecified atom stereocenters. The van der Waals surface area contributed by atoms with Crippen molar-refractivity contribution in [3.05, 3.63) is 59.4 Å². The minimum Gasteiger partial charge on any atom is -0.508 e. The van der Waals surface area contributed by atoms with E-state index in [1.165, 1.54) is 0 Å². The fraction of sp³-hybridized carbons (Fsp3) is 0.200. The molecule has 4 nitrogen and oxygen atoms in total. The predicted octanol–water partition coefficient (Wildman–Crippen LogP) is 1.95. The van der Waals surface area contributed by atoms with Gasteiger partial charge < -0.3 is 10.4 Å². The Labute approximate surface area is 112 Å². The zero-order valence-electron chi connectivity index (χ0n) is 10.8. The number of hydrogen-bond acceptors (Lipinski definition) is 3. The molecule has 4 heteroatoms. The highest BCUT2D eigenvalue weighted by Gasteiger charge is 2.06. The van der Waals surface area contributed by atoms with E-state index in [4.69, 9.17) is 5.11 Å². The molecule has 2 N–H and O–H groups in total. The van der Waals surface area contributed by atoms with Crippen LogP contribution in [0, 0.1) is 6.92 Å². The first-order chi connectivity index (χ1) is 9.15. The van der Waals surface area contributed by atoms with Crippen LogP contribution in [0.2, 0.25) is 0 Å². The summed E-state index contributed by atoms with van der Waals surface area (Å²) in [5.41, 5.74) is 2.76. The lowest BCUT2D eigenvalue weighted by Gasteiger charge is -2.06. The van der Waals surface area contributed by atoms with Crippen molar-refractivity contribution in [3.63, 3.8) is 0 Å². The van der Waals surface area contributed by atoms with Crippen LogP contribution in [0.3, 0.4) is 0 Å². The zero-order valence-corrected chi connectivity index (χ0v) is 10.8. The molecule has 0 fully saturated rings. The van der Waals surface area contributed by atoms with Gasteiger partial charge in [0.25, 0.3) is 0 Å². The molecule has 2 aromatic rings. The fourth-order valence-electron chi connectivity index (χ4n) is 1.73. The number of nitrogens with zero attached hydrogens (tertiary/aromatic N) is 1. The third-order valence-corrected chi connectivity index (χ3v) is 2.87. The number of carbonyl (C=O) groups excluding carboxylic acids is 1. The molecule has 1 aromatic carbocycles. The molecule has 0 saturated heterocycles. The highest BCUT2D eigenvalue weighted by atomic mass is 16.3. The molecule has 98 valence electrons. The van der Waals surface area contributed by atoms with Crippen molar-refractivity contribution >= 4 is 5.91 Å². The molecule has 0 aliphatic rings. The van der Waals surface area contributed by atoms with Crippen LogP contribution < -0.4 is 5.32 Å². The number of phenolic OH excluding ortho intramolecular Hbond substituents is 1. The number of hydrogen-bond donors (Lipinski definition) is 2. The molecule has 2 rings (SSSR count). The number of nitrogens with one attached hydrogen (secondary N) is 1. The second kappa shape index (κ2) is 6.00. The zero-order chi connectivity index (χ0) is 13.7. The van der Waals surface area contributed by atoms with Gasteiger partial charge in [-0.25, -0.2) is 0 Å². The van der Waals surface area contributed by atoms with Gasteiger partial charge in [0.15, 0.2) is 0 Å². The van der Waals surface area contributed by atoms with Gasteiger partial charge in [0.1, 0.15) is 5.75 Å². The van der Waals surface area contributed by atoms with E-state index in [1.54, 1.807) is 30.5 Å². The van der Waals surface area contributed by atoms with E-state index in [1.807, 2.05) is 19.1 Å². The lowest BCUT2D eigenvalue weighted by Crippen LogP contribution is -2.25. The van der Waals surface area contributed by atoms with Crippen LogP contribution in [0.5, 0.6) is 5.75 Å². The topological polar surface area (TPSA) is 62.2 Å². The number of rotatable bonds is 4. The summed E-state index contributed by atoms with van der Waals surface area (Å²) in [6.45, 7) is 2.39. The van der Waals surface area contributed by atoms with E-state index in [0.717, 1.165) is 16.8 Å². The summed E-state index contributed by atoms with van der Waals surface area (Å²) in [7, 11) is 0. The molecule has 0 radical (unpaired) electrons. The van der Waals surface area contributed by atoms with Crippen molar-refractivity contribution in [1.29, 1.82) is 0 Å². The lowest BCUT2D eigenvalue weighted by atomic mass is 10.1. The molecule has 0 saturated carbocycles. The molecule has 0 atom stereocenters. The van der Waals surface area contributed by atoms with Crippen molar-refractivity contribution < 1.29 is 9.90 Å². The van der Waals surface area contributed by atoms with Crippen LogP contribution in [-0.2, 0) is 17.8 Å². The number of benzene rings is 1. The largest absolute Gasteiger partial charge is 0.508 e. The summed E-state index contributed by atoms with van der Waals surface area (Å²) in [4.78, 5) is 16.0. The molecular formula is C15H16N2O2. The van der Waals surface area contributed by atoms with E-state index in [-0.39, 0.29) is 18.1 Å². The van der Waals surface area contributed by atoms with E-state index in [2.05, 4.69) is 10.3 Å². The van der Waals surface area contributed by atoms with Crippen molar-refractivity contribution in [2.45, 2.75) is 19.9 Å². The normalized spacial score (nSPS) is 10.2. The molecule has 19 heavy (non-hydrogen) atoms. The fourth-order valence-corrected chi connectivity index (χ4v) is 1.73. The van der Waals surface area contributed by atoms with Crippen LogP contribution in [0.15, 0.2) is 42.6 Å². The molecule has 1 heterocycles. The van der Waals surface area contributed by atoms with Gasteiger partial charge in [-0.3, -0.25) is 9.78 Å². The van der Waals surface area contributed by atoms with Gasteiger partial charge in [0.05, 0.1) is 12.1 Å². The van der Waals surface area contributed by atoms with Crippen LogP contribution in [0.4, 0.5) is 0 Å². The van der Waals surface area contributed by atoms with Gasteiger partial charge >= 0.3 is 0 Å². The smallest absolute Gasteiger partial charge is 0.226 e. The van der Waals surface area contributed by atoms with Gasteiger partial charge in [-0.05, 0) is 36.2 Å². The number of aromatic hydroxyl groups is 1. The summed E-state index contributed by atoms with van der Waals surface area (Å²) in [5.74, 6) is 0.161.